The number of aliphatic hydroxyl groups is 1. The third-order valence-electron chi connectivity index (χ3n) is 11.3. The maximum absolute atomic E-state index is 12.3. The molecule has 53 heavy (non-hydrogen) atoms. The fourth-order valence-electron chi connectivity index (χ4n) is 7.67. The van der Waals surface area contributed by atoms with E-state index in [-0.39, 0.29) is 18.5 Å². The summed E-state index contributed by atoms with van der Waals surface area (Å²) in [5.41, 5.74) is 0. The van der Waals surface area contributed by atoms with Crippen molar-refractivity contribution in [3.05, 3.63) is 0 Å². The van der Waals surface area contributed by atoms with Gasteiger partial charge in [0, 0.05) is 26.0 Å². The lowest BCUT2D eigenvalue weighted by Gasteiger charge is -2.22. The Hall–Kier alpha value is -1.14. The first-order valence-electron chi connectivity index (χ1n) is 23.6. The van der Waals surface area contributed by atoms with Crippen LogP contribution in [0.3, 0.4) is 0 Å². The molecule has 0 atom stereocenters. The Kier molecular flexibility index (Phi) is 41.1. The van der Waals surface area contributed by atoms with Crippen molar-refractivity contribution in [2.24, 2.45) is 11.8 Å². The summed E-state index contributed by atoms with van der Waals surface area (Å²) in [5.74, 6) is 1.42. The highest BCUT2D eigenvalue weighted by atomic mass is 16.5. The highest BCUT2D eigenvalue weighted by Crippen LogP contribution is 2.22. The van der Waals surface area contributed by atoms with Crippen molar-refractivity contribution >= 4 is 11.9 Å². The summed E-state index contributed by atoms with van der Waals surface area (Å²) in [6.07, 6.45) is 38.6. The van der Waals surface area contributed by atoms with Crippen LogP contribution >= 0.6 is 0 Å². The summed E-state index contributed by atoms with van der Waals surface area (Å²) in [6, 6.07) is 0. The number of hydrogen-bond acceptors (Lipinski definition) is 6. The van der Waals surface area contributed by atoms with Crippen LogP contribution in [0.1, 0.15) is 240 Å². The summed E-state index contributed by atoms with van der Waals surface area (Å²) in [4.78, 5) is 27.1. The topological polar surface area (TPSA) is 76.1 Å². The molecule has 1 N–H and O–H groups in total. The Morgan fingerprint density at radius 3 is 1.08 bits per heavy atom. The molecule has 6 nitrogen and oxygen atoms in total. The number of hydrogen-bond donors (Lipinski definition) is 1. The predicted molar refractivity (Wildman–Crippen MR) is 227 cm³/mol. The molecule has 0 aliphatic heterocycles. The lowest BCUT2D eigenvalue weighted by atomic mass is 9.92. The van der Waals surface area contributed by atoms with E-state index < -0.39 is 0 Å². The minimum absolute atomic E-state index is 0.00447. The third-order valence-corrected chi connectivity index (χ3v) is 11.3. The Morgan fingerprint density at radius 2 is 0.736 bits per heavy atom. The Bertz CT molecular complexity index is 683. The van der Waals surface area contributed by atoms with Crippen molar-refractivity contribution in [2.75, 3.05) is 39.5 Å². The summed E-state index contributed by atoms with van der Waals surface area (Å²) in [5, 5.41) is 9.39. The number of ether oxygens (including phenoxy) is 2. The van der Waals surface area contributed by atoms with Gasteiger partial charge in [0.25, 0.3) is 0 Å². The maximum atomic E-state index is 12.3. The number of unbranched alkanes of at least 4 members (excludes halogenated alkanes) is 18. The van der Waals surface area contributed by atoms with Gasteiger partial charge in [-0.15, -0.1) is 0 Å². The van der Waals surface area contributed by atoms with E-state index in [9.17, 15) is 14.7 Å². The highest BCUT2D eigenvalue weighted by molar-refractivity contribution is 5.69. The van der Waals surface area contributed by atoms with Crippen molar-refractivity contribution < 1.29 is 24.2 Å². The Balaban J connectivity index is 3.92. The molecular weight excluding hydrogens is 659 g/mol. The van der Waals surface area contributed by atoms with Crippen LogP contribution in [0.2, 0.25) is 0 Å². The van der Waals surface area contributed by atoms with E-state index in [4.69, 9.17) is 9.47 Å². The second kappa shape index (κ2) is 42.0. The number of rotatable bonds is 43. The summed E-state index contributed by atoms with van der Waals surface area (Å²) >= 11 is 0. The normalized spacial score (nSPS) is 11.7. The van der Waals surface area contributed by atoms with E-state index in [1.807, 2.05) is 0 Å². The van der Waals surface area contributed by atoms with Gasteiger partial charge in [-0.25, -0.2) is 0 Å². The van der Waals surface area contributed by atoms with Crippen molar-refractivity contribution in [1.29, 1.82) is 0 Å². The summed E-state index contributed by atoms with van der Waals surface area (Å²) < 4.78 is 11.2. The van der Waals surface area contributed by atoms with Crippen LogP contribution in [0.5, 0.6) is 0 Å². The average molecular weight is 752 g/mol. The van der Waals surface area contributed by atoms with Gasteiger partial charge in [0.1, 0.15) is 0 Å². The molecule has 0 heterocycles. The van der Waals surface area contributed by atoms with Gasteiger partial charge in [-0.05, 0) is 69.9 Å². The highest BCUT2D eigenvalue weighted by Gasteiger charge is 2.12. The predicted octanol–water partition coefficient (Wildman–Crippen LogP) is 13.6. The van der Waals surface area contributed by atoms with E-state index in [1.54, 1.807) is 0 Å². The molecule has 0 saturated carbocycles. The largest absolute Gasteiger partial charge is 0.466 e. The molecule has 0 aliphatic carbocycles. The molecular formula is C47H93NO5. The van der Waals surface area contributed by atoms with E-state index in [0.717, 1.165) is 64.6 Å². The molecule has 6 heteroatoms. The monoisotopic (exact) mass is 752 g/mol. The smallest absolute Gasteiger partial charge is 0.305 e. The maximum Gasteiger partial charge on any atom is 0.305 e. The SMILES string of the molecule is CCCCCC(CCCCC)CCOC(=O)CCCCCCCCN(CCCO)CCCCCCCCC(=O)OCCC(CCCCC)CCCCC. The van der Waals surface area contributed by atoms with Gasteiger partial charge in [-0.1, -0.05) is 182 Å². The molecule has 0 aliphatic rings. The van der Waals surface area contributed by atoms with Crippen LogP contribution in [0.25, 0.3) is 0 Å². The molecule has 316 valence electrons. The molecule has 0 aromatic rings. The van der Waals surface area contributed by atoms with Crippen LogP contribution in [0.15, 0.2) is 0 Å². The summed E-state index contributed by atoms with van der Waals surface area (Å²) in [6.45, 7) is 13.7. The zero-order valence-electron chi connectivity index (χ0n) is 36.3. The molecule has 0 fully saturated rings. The minimum atomic E-state index is -0.00447. The fraction of sp³-hybridized carbons (Fsp3) is 0.957. The lowest BCUT2D eigenvalue weighted by molar-refractivity contribution is -0.145. The van der Waals surface area contributed by atoms with Crippen LogP contribution < -0.4 is 0 Å². The van der Waals surface area contributed by atoms with Crippen LogP contribution in [0.4, 0.5) is 0 Å². The van der Waals surface area contributed by atoms with E-state index >= 15 is 0 Å². The van der Waals surface area contributed by atoms with Gasteiger partial charge >= 0.3 is 11.9 Å². The van der Waals surface area contributed by atoms with Crippen molar-refractivity contribution in [1.82, 2.24) is 4.90 Å². The van der Waals surface area contributed by atoms with E-state index in [1.165, 1.54) is 154 Å². The van der Waals surface area contributed by atoms with Gasteiger partial charge in [-0.3, -0.25) is 9.59 Å². The number of nitrogens with zero attached hydrogens (tertiary/aromatic N) is 1. The van der Waals surface area contributed by atoms with Crippen LogP contribution in [-0.2, 0) is 19.1 Å². The van der Waals surface area contributed by atoms with Gasteiger partial charge in [0.15, 0.2) is 0 Å². The van der Waals surface area contributed by atoms with Crippen molar-refractivity contribution in [2.45, 2.75) is 240 Å². The first kappa shape index (κ1) is 51.9. The first-order valence-corrected chi connectivity index (χ1v) is 23.6. The van der Waals surface area contributed by atoms with Crippen LogP contribution in [-0.4, -0.2) is 61.4 Å². The van der Waals surface area contributed by atoms with Crippen molar-refractivity contribution in [3.8, 4) is 0 Å². The molecule has 0 saturated heterocycles. The number of aliphatic hydroxyl groups excluding tert-OH is 1. The zero-order chi connectivity index (χ0) is 38.9. The molecule has 0 rings (SSSR count). The standard InChI is InChI=1S/C47H93NO5/c1-5-9-21-30-44(31-22-10-6-2)36-42-52-46(50)34-25-17-13-15-19-27-38-48(40-29-41-49)39-28-20-16-14-18-26-35-47(51)53-43-37-45(32-23-11-7-3)33-24-12-8-4/h44-45,49H,5-43H2,1-4H3. The second-order valence-electron chi connectivity index (χ2n) is 16.4. The number of carbonyl (C=O) groups excluding carboxylic acids is 2. The lowest BCUT2D eigenvalue weighted by Crippen LogP contribution is -2.27. The quantitative estimate of drug-likeness (QED) is 0.0494. The zero-order valence-corrected chi connectivity index (χ0v) is 36.3. The van der Waals surface area contributed by atoms with Gasteiger partial charge in [0.2, 0.25) is 0 Å². The van der Waals surface area contributed by atoms with E-state index in [0.29, 0.717) is 37.9 Å². The molecule has 0 aromatic carbocycles. The van der Waals surface area contributed by atoms with E-state index in [2.05, 4.69) is 32.6 Å². The van der Waals surface area contributed by atoms with Crippen molar-refractivity contribution in [3.63, 3.8) is 0 Å². The molecule has 0 unspecified atom stereocenters. The fourth-order valence-corrected chi connectivity index (χ4v) is 7.67. The Morgan fingerprint density at radius 1 is 0.415 bits per heavy atom. The summed E-state index contributed by atoms with van der Waals surface area (Å²) in [7, 11) is 0. The van der Waals surface area contributed by atoms with Crippen LogP contribution in [0, 0.1) is 11.8 Å². The Labute approximate surface area is 331 Å². The number of esters is 2. The molecule has 0 spiro atoms. The molecule has 0 radical (unpaired) electrons. The second-order valence-corrected chi connectivity index (χ2v) is 16.4. The third kappa shape index (κ3) is 37.6. The number of carbonyl (C=O) groups is 2. The van der Waals surface area contributed by atoms with Gasteiger partial charge in [-0.2, -0.15) is 0 Å². The molecule has 0 amide bonds. The molecule has 0 bridgehead atoms. The minimum Gasteiger partial charge on any atom is -0.466 e. The molecule has 0 aromatic heterocycles. The van der Waals surface area contributed by atoms with Gasteiger partial charge in [0.05, 0.1) is 13.2 Å². The average Bonchev–Trinajstić information content (AvgIpc) is 3.15. The first-order chi connectivity index (χ1) is 26.0. The van der Waals surface area contributed by atoms with Gasteiger partial charge < -0.3 is 19.5 Å².